The summed E-state index contributed by atoms with van der Waals surface area (Å²) < 4.78 is 0. The quantitative estimate of drug-likeness (QED) is 0.863. The van der Waals surface area contributed by atoms with Crippen molar-refractivity contribution in [3.8, 4) is 0 Å². The lowest BCUT2D eigenvalue weighted by Crippen LogP contribution is -2.09. The lowest BCUT2D eigenvalue weighted by atomic mass is 10.0. The van der Waals surface area contributed by atoms with E-state index in [4.69, 9.17) is 0 Å². The number of pyridine rings is 1. The van der Waals surface area contributed by atoms with Gasteiger partial charge in [-0.05, 0) is 30.5 Å². The van der Waals surface area contributed by atoms with Crippen LogP contribution in [0.2, 0.25) is 0 Å². The lowest BCUT2D eigenvalue weighted by Gasteiger charge is -2.12. The Morgan fingerprint density at radius 3 is 2.58 bits per heavy atom. The molecule has 2 heterocycles. The second kappa shape index (κ2) is 6.83. The molecule has 0 spiro atoms. The molecule has 2 aromatic rings. The van der Waals surface area contributed by atoms with Gasteiger partial charge in [0, 0.05) is 30.9 Å². The Hall–Kier alpha value is -1.97. The van der Waals surface area contributed by atoms with E-state index in [-0.39, 0.29) is 0 Å². The number of nitrogens with one attached hydrogen (secondary N) is 1. The van der Waals surface area contributed by atoms with Gasteiger partial charge < -0.3 is 5.32 Å². The molecular weight excluding hydrogens is 236 g/mol. The molecule has 1 N–H and O–H groups in total. The Morgan fingerprint density at radius 1 is 1.11 bits per heavy atom. The molecule has 4 heteroatoms. The van der Waals surface area contributed by atoms with Gasteiger partial charge in [0.1, 0.15) is 12.1 Å². The summed E-state index contributed by atoms with van der Waals surface area (Å²) in [5.41, 5.74) is 3.54. The zero-order valence-electron chi connectivity index (χ0n) is 11.6. The first-order valence-electron chi connectivity index (χ1n) is 6.80. The van der Waals surface area contributed by atoms with Crippen molar-refractivity contribution in [2.75, 3.05) is 11.9 Å². The summed E-state index contributed by atoms with van der Waals surface area (Å²) in [7, 11) is 0. The SMILES string of the molecule is CCCNc1ncnc(Cc2ccncc2)c1CC. The van der Waals surface area contributed by atoms with E-state index in [1.54, 1.807) is 6.33 Å². The van der Waals surface area contributed by atoms with Gasteiger partial charge in [0.2, 0.25) is 0 Å². The van der Waals surface area contributed by atoms with Gasteiger partial charge in [0.25, 0.3) is 0 Å². The predicted octanol–water partition coefficient (Wildman–Crippen LogP) is 2.85. The number of aromatic nitrogens is 3. The first-order chi connectivity index (χ1) is 9.35. The second-order valence-corrected chi connectivity index (χ2v) is 4.46. The minimum atomic E-state index is 0.828. The fourth-order valence-electron chi connectivity index (χ4n) is 2.06. The molecule has 19 heavy (non-hydrogen) atoms. The lowest BCUT2D eigenvalue weighted by molar-refractivity contribution is 0.917. The van der Waals surface area contributed by atoms with Crippen LogP contribution in [0, 0.1) is 0 Å². The van der Waals surface area contributed by atoms with Crippen molar-refractivity contribution in [1.82, 2.24) is 15.0 Å². The molecule has 0 fully saturated rings. The van der Waals surface area contributed by atoms with E-state index in [9.17, 15) is 0 Å². The van der Waals surface area contributed by atoms with Crippen LogP contribution >= 0.6 is 0 Å². The van der Waals surface area contributed by atoms with Crippen LogP contribution in [0.1, 0.15) is 37.1 Å². The highest BCUT2D eigenvalue weighted by Gasteiger charge is 2.09. The average molecular weight is 256 g/mol. The van der Waals surface area contributed by atoms with Gasteiger partial charge in [-0.15, -0.1) is 0 Å². The van der Waals surface area contributed by atoms with Crippen LogP contribution < -0.4 is 5.32 Å². The van der Waals surface area contributed by atoms with Gasteiger partial charge >= 0.3 is 0 Å². The van der Waals surface area contributed by atoms with Gasteiger partial charge in [-0.3, -0.25) is 4.98 Å². The molecule has 100 valence electrons. The zero-order chi connectivity index (χ0) is 13.5. The molecule has 0 radical (unpaired) electrons. The first kappa shape index (κ1) is 13.5. The first-order valence-corrected chi connectivity index (χ1v) is 6.80. The maximum atomic E-state index is 4.44. The van der Waals surface area contributed by atoms with Crippen molar-refractivity contribution in [3.05, 3.63) is 47.7 Å². The van der Waals surface area contributed by atoms with Crippen LogP contribution in [-0.4, -0.2) is 21.5 Å². The highest BCUT2D eigenvalue weighted by atomic mass is 15.0. The van der Waals surface area contributed by atoms with Gasteiger partial charge in [-0.2, -0.15) is 0 Å². The van der Waals surface area contributed by atoms with E-state index >= 15 is 0 Å². The smallest absolute Gasteiger partial charge is 0.132 e. The fourth-order valence-corrected chi connectivity index (χ4v) is 2.06. The number of rotatable bonds is 6. The summed E-state index contributed by atoms with van der Waals surface area (Å²) in [6.45, 7) is 5.24. The topological polar surface area (TPSA) is 50.7 Å². The van der Waals surface area contributed by atoms with E-state index in [1.807, 2.05) is 24.5 Å². The van der Waals surface area contributed by atoms with Crippen molar-refractivity contribution in [2.45, 2.75) is 33.1 Å². The summed E-state index contributed by atoms with van der Waals surface area (Å²) in [6.07, 6.45) is 8.14. The number of hydrogen-bond donors (Lipinski definition) is 1. The van der Waals surface area contributed by atoms with Crippen molar-refractivity contribution >= 4 is 5.82 Å². The average Bonchev–Trinajstić information content (AvgIpc) is 2.46. The van der Waals surface area contributed by atoms with Crippen molar-refractivity contribution in [2.24, 2.45) is 0 Å². The van der Waals surface area contributed by atoms with Gasteiger partial charge in [0.05, 0.1) is 5.69 Å². The van der Waals surface area contributed by atoms with Crippen molar-refractivity contribution < 1.29 is 0 Å². The van der Waals surface area contributed by atoms with Crippen LogP contribution in [0.4, 0.5) is 5.82 Å². The van der Waals surface area contributed by atoms with Crippen molar-refractivity contribution in [1.29, 1.82) is 0 Å². The third-order valence-electron chi connectivity index (χ3n) is 3.05. The molecule has 0 atom stereocenters. The second-order valence-electron chi connectivity index (χ2n) is 4.46. The van der Waals surface area contributed by atoms with Crippen LogP contribution in [0.3, 0.4) is 0 Å². The van der Waals surface area contributed by atoms with E-state index in [0.29, 0.717) is 0 Å². The van der Waals surface area contributed by atoms with Crippen molar-refractivity contribution in [3.63, 3.8) is 0 Å². The molecule has 0 amide bonds. The molecule has 0 aliphatic carbocycles. The molecule has 2 rings (SSSR count). The molecule has 0 saturated heterocycles. The summed E-state index contributed by atoms with van der Waals surface area (Å²) >= 11 is 0. The monoisotopic (exact) mass is 256 g/mol. The standard InChI is InChI=1S/C15H20N4/c1-3-7-17-15-13(4-2)14(18-11-19-15)10-12-5-8-16-9-6-12/h5-6,8-9,11H,3-4,7,10H2,1-2H3,(H,17,18,19). The summed E-state index contributed by atoms with van der Waals surface area (Å²) in [5.74, 6) is 0.975. The molecule has 0 aliphatic rings. The fraction of sp³-hybridized carbons (Fsp3) is 0.400. The Labute approximate surface area is 114 Å². The minimum Gasteiger partial charge on any atom is -0.370 e. The maximum Gasteiger partial charge on any atom is 0.132 e. The Morgan fingerprint density at radius 2 is 1.89 bits per heavy atom. The van der Waals surface area contributed by atoms with Crippen LogP contribution in [0.25, 0.3) is 0 Å². The van der Waals surface area contributed by atoms with E-state index in [0.717, 1.165) is 37.3 Å². The number of nitrogens with zero attached hydrogens (tertiary/aromatic N) is 3. The zero-order valence-corrected chi connectivity index (χ0v) is 11.6. The van der Waals surface area contributed by atoms with E-state index < -0.39 is 0 Å². The summed E-state index contributed by atoms with van der Waals surface area (Å²) in [6, 6.07) is 4.06. The largest absolute Gasteiger partial charge is 0.370 e. The summed E-state index contributed by atoms with van der Waals surface area (Å²) in [5, 5.41) is 3.38. The summed E-state index contributed by atoms with van der Waals surface area (Å²) in [4.78, 5) is 12.8. The highest BCUT2D eigenvalue weighted by Crippen LogP contribution is 2.18. The van der Waals surface area contributed by atoms with Crippen LogP contribution in [-0.2, 0) is 12.8 Å². The van der Waals surface area contributed by atoms with E-state index in [2.05, 4.69) is 34.1 Å². The van der Waals surface area contributed by atoms with Crippen LogP contribution in [0.15, 0.2) is 30.9 Å². The number of anilines is 1. The molecule has 0 unspecified atom stereocenters. The third-order valence-corrected chi connectivity index (χ3v) is 3.05. The molecular formula is C15H20N4. The maximum absolute atomic E-state index is 4.44. The highest BCUT2D eigenvalue weighted by molar-refractivity contribution is 5.47. The Kier molecular flexibility index (Phi) is 4.84. The predicted molar refractivity (Wildman–Crippen MR) is 77.2 cm³/mol. The molecule has 0 saturated carbocycles. The van der Waals surface area contributed by atoms with Gasteiger partial charge in [-0.25, -0.2) is 9.97 Å². The Bertz CT molecular complexity index is 511. The Balaban J connectivity index is 2.24. The normalized spacial score (nSPS) is 10.4. The van der Waals surface area contributed by atoms with Gasteiger partial charge in [-0.1, -0.05) is 13.8 Å². The molecule has 0 aliphatic heterocycles. The van der Waals surface area contributed by atoms with Gasteiger partial charge in [0.15, 0.2) is 0 Å². The molecule has 0 aromatic carbocycles. The minimum absolute atomic E-state index is 0.828. The third kappa shape index (κ3) is 3.50. The van der Waals surface area contributed by atoms with E-state index in [1.165, 1.54) is 11.1 Å². The molecule has 2 aromatic heterocycles. The van der Waals surface area contributed by atoms with Crippen LogP contribution in [0.5, 0.6) is 0 Å². The molecule has 4 nitrogen and oxygen atoms in total. The number of hydrogen-bond acceptors (Lipinski definition) is 4. The molecule has 0 bridgehead atoms.